The van der Waals surface area contributed by atoms with Crippen molar-refractivity contribution in [3.63, 3.8) is 0 Å². The third kappa shape index (κ3) is 8.55. The molecule has 0 heterocycles. The Morgan fingerprint density at radius 2 is 1.72 bits per heavy atom. The van der Waals surface area contributed by atoms with Gasteiger partial charge in [-0.15, -0.1) is 0 Å². The predicted molar refractivity (Wildman–Crippen MR) is 144 cm³/mol. The van der Waals surface area contributed by atoms with Gasteiger partial charge in [0.2, 0.25) is 5.91 Å². The fraction of sp³-hybridized carbons (Fsp3) is 0.464. The Labute approximate surface area is 219 Å². The molecule has 1 unspecified atom stereocenters. The number of hydrogen-bond donors (Lipinski definition) is 2. The molecule has 7 nitrogen and oxygen atoms in total. The highest BCUT2D eigenvalue weighted by Crippen LogP contribution is 2.29. The van der Waals surface area contributed by atoms with E-state index in [-0.39, 0.29) is 18.4 Å². The van der Waals surface area contributed by atoms with Crippen molar-refractivity contribution >= 4 is 35.2 Å². The SMILES string of the molecule is CCCCN(C(=O)CNC(=O)OC(C)(C)C)C(C(=O)Nc1c(C)cccc1Cl)c1ccc(CC)cc1. The van der Waals surface area contributed by atoms with Gasteiger partial charge in [-0.25, -0.2) is 4.79 Å². The van der Waals surface area contributed by atoms with Crippen LogP contribution in [0.25, 0.3) is 0 Å². The summed E-state index contributed by atoms with van der Waals surface area (Å²) in [5.74, 6) is -0.762. The number of carbonyl (C=O) groups excluding carboxylic acids is 3. The molecule has 2 aromatic rings. The van der Waals surface area contributed by atoms with Crippen LogP contribution in [0.4, 0.5) is 10.5 Å². The summed E-state index contributed by atoms with van der Waals surface area (Å²) in [6.45, 7) is 11.2. The van der Waals surface area contributed by atoms with E-state index in [0.29, 0.717) is 29.2 Å². The number of carbonyl (C=O) groups is 3. The summed E-state index contributed by atoms with van der Waals surface area (Å²) >= 11 is 6.37. The number of hydrogen-bond acceptors (Lipinski definition) is 4. The molecule has 2 N–H and O–H groups in total. The maximum atomic E-state index is 13.7. The largest absolute Gasteiger partial charge is 0.444 e. The first-order chi connectivity index (χ1) is 17.0. The van der Waals surface area contributed by atoms with Crippen molar-refractivity contribution in [2.24, 2.45) is 0 Å². The normalized spacial score (nSPS) is 12.0. The molecule has 0 spiro atoms. The van der Waals surface area contributed by atoms with Crippen molar-refractivity contribution in [1.82, 2.24) is 10.2 Å². The lowest BCUT2D eigenvalue weighted by atomic mass is 10.0. The van der Waals surface area contributed by atoms with Gasteiger partial charge in [0.05, 0.1) is 10.7 Å². The van der Waals surface area contributed by atoms with Gasteiger partial charge in [-0.05, 0) is 63.3 Å². The fourth-order valence-electron chi connectivity index (χ4n) is 3.68. The van der Waals surface area contributed by atoms with E-state index in [1.54, 1.807) is 26.8 Å². The summed E-state index contributed by atoms with van der Waals surface area (Å²) in [7, 11) is 0. The van der Waals surface area contributed by atoms with Gasteiger partial charge in [0, 0.05) is 6.54 Å². The number of anilines is 1. The third-order valence-electron chi connectivity index (χ3n) is 5.59. The summed E-state index contributed by atoms with van der Waals surface area (Å²) in [5.41, 5.74) is 2.43. The van der Waals surface area contributed by atoms with Gasteiger partial charge >= 0.3 is 6.09 Å². The first-order valence-corrected chi connectivity index (χ1v) is 12.8. The van der Waals surface area contributed by atoms with E-state index in [2.05, 4.69) is 17.6 Å². The van der Waals surface area contributed by atoms with Crippen LogP contribution in [0.2, 0.25) is 5.02 Å². The molecule has 196 valence electrons. The topological polar surface area (TPSA) is 87.7 Å². The van der Waals surface area contributed by atoms with Gasteiger partial charge in [0.25, 0.3) is 5.91 Å². The van der Waals surface area contributed by atoms with Crippen LogP contribution in [0.1, 0.15) is 70.2 Å². The predicted octanol–water partition coefficient (Wildman–Crippen LogP) is 6.04. The second-order valence-corrected chi connectivity index (χ2v) is 10.1. The van der Waals surface area contributed by atoms with E-state index < -0.39 is 17.7 Å². The molecule has 0 saturated heterocycles. The number of benzene rings is 2. The van der Waals surface area contributed by atoms with Crippen LogP contribution in [-0.2, 0) is 20.7 Å². The van der Waals surface area contributed by atoms with Crippen molar-refractivity contribution in [2.45, 2.75) is 72.4 Å². The Balaban J connectivity index is 2.40. The standard InChI is InChI=1S/C28H38ClN3O4/c1-7-9-17-32(23(33)18-30-27(35)36-28(4,5)6)25(21-15-13-20(8-2)14-16-21)26(34)31-24-19(3)11-10-12-22(24)29/h10-16,25H,7-9,17-18H2,1-6H3,(H,30,35)(H,31,34). The lowest BCUT2D eigenvalue weighted by Gasteiger charge is -2.32. The van der Waals surface area contributed by atoms with Crippen LogP contribution < -0.4 is 10.6 Å². The summed E-state index contributed by atoms with van der Waals surface area (Å²) in [4.78, 5) is 40.8. The zero-order chi connectivity index (χ0) is 26.9. The van der Waals surface area contributed by atoms with E-state index in [1.165, 1.54) is 4.90 Å². The van der Waals surface area contributed by atoms with E-state index in [0.717, 1.165) is 24.0 Å². The number of aryl methyl sites for hydroxylation is 2. The average molecular weight is 516 g/mol. The fourth-order valence-corrected chi connectivity index (χ4v) is 3.95. The monoisotopic (exact) mass is 515 g/mol. The van der Waals surface area contributed by atoms with Gasteiger partial charge in [-0.1, -0.05) is 68.3 Å². The molecule has 0 saturated carbocycles. The summed E-state index contributed by atoms with van der Waals surface area (Å²) < 4.78 is 5.26. The maximum Gasteiger partial charge on any atom is 0.408 e. The highest BCUT2D eigenvalue weighted by molar-refractivity contribution is 6.34. The Morgan fingerprint density at radius 3 is 2.28 bits per heavy atom. The van der Waals surface area contributed by atoms with Crippen molar-refractivity contribution in [3.8, 4) is 0 Å². The molecule has 0 aliphatic rings. The molecule has 1 atom stereocenters. The first-order valence-electron chi connectivity index (χ1n) is 12.4. The number of ether oxygens (including phenoxy) is 1. The molecular weight excluding hydrogens is 478 g/mol. The van der Waals surface area contributed by atoms with Crippen LogP contribution in [0.3, 0.4) is 0 Å². The number of rotatable bonds is 10. The van der Waals surface area contributed by atoms with Crippen LogP contribution in [0.15, 0.2) is 42.5 Å². The van der Waals surface area contributed by atoms with Crippen molar-refractivity contribution < 1.29 is 19.1 Å². The van der Waals surface area contributed by atoms with Gasteiger partial charge in [0.1, 0.15) is 18.2 Å². The van der Waals surface area contributed by atoms with Crippen LogP contribution in [0.5, 0.6) is 0 Å². The first kappa shape index (κ1) is 29.2. The minimum Gasteiger partial charge on any atom is -0.444 e. The summed E-state index contributed by atoms with van der Waals surface area (Å²) in [5, 5.41) is 5.88. The van der Waals surface area contributed by atoms with E-state index in [9.17, 15) is 14.4 Å². The number of nitrogens with one attached hydrogen (secondary N) is 2. The van der Waals surface area contributed by atoms with E-state index in [4.69, 9.17) is 16.3 Å². The van der Waals surface area contributed by atoms with Crippen LogP contribution >= 0.6 is 11.6 Å². The average Bonchev–Trinajstić information content (AvgIpc) is 2.81. The molecule has 36 heavy (non-hydrogen) atoms. The molecule has 0 aromatic heterocycles. The number of unbranched alkanes of at least 4 members (excludes halogenated alkanes) is 1. The van der Waals surface area contributed by atoms with Crippen molar-refractivity contribution in [1.29, 1.82) is 0 Å². The lowest BCUT2D eigenvalue weighted by Crippen LogP contribution is -2.47. The second kappa shape index (κ2) is 13.3. The third-order valence-corrected chi connectivity index (χ3v) is 5.90. The van der Waals surface area contributed by atoms with Gasteiger partial charge in [-0.3, -0.25) is 9.59 Å². The molecule has 2 rings (SSSR count). The molecule has 0 bridgehead atoms. The summed E-state index contributed by atoms with van der Waals surface area (Å²) in [6.07, 6.45) is 1.69. The Morgan fingerprint density at radius 1 is 1.06 bits per heavy atom. The number of amides is 3. The molecule has 0 aliphatic heterocycles. The number of alkyl carbamates (subject to hydrolysis) is 1. The van der Waals surface area contributed by atoms with Crippen LogP contribution in [0, 0.1) is 6.92 Å². The number of nitrogens with zero attached hydrogens (tertiary/aromatic N) is 1. The Bertz CT molecular complexity index is 1030. The molecule has 2 aromatic carbocycles. The van der Waals surface area contributed by atoms with Gasteiger partial charge in [-0.2, -0.15) is 0 Å². The molecule has 8 heteroatoms. The number of para-hydroxylation sites is 1. The zero-order valence-electron chi connectivity index (χ0n) is 22.1. The van der Waals surface area contributed by atoms with E-state index >= 15 is 0 Å². The van der Waals surface area contributed by atoms with Gasteiger partial charge in [0.15, 0.2) is 0 Å². The molecule has 0 aliphatic carbocycles. The number of halogens is 1. The quantitative estimate of drug-likeness (QED) is 0.403. The van der Waals surface area contributed by atoms with Crippen molar-refractivity contribution in [2.75, 3.05) is 18.4 Å². The highest BCUT2D eigenvalue weighted by Gasteiger charge is 2.32. The lowest BCUT2D eigenvalue weighted by molar-refractivity contribution is -0.138. The zero-order valence-corrected chi connectivity index (χ0v) is 22.9. The second-order valence-electron chi connectivity index (χ2n) is 9.71. The molecular formula is C28H38ClN3O4. The summed E-state index contributed by atoms with van der Waals surface area (Å²) in [6, 6.07) is 12.1. The molecule has 3 amide bonds. The van der Waals surface area contributed by atoms with Gasteiger partial charge < -0.3 is 20.3 Å². The van der Waals surface area contributed by atoms with Crippen LogP contribution in [-0.4, -0.2) is 41.5 Å². The Kier molecular flexibility index (Phi) is 10.8. The van der Waals surface area contributed by atoms with E-state index in [1.807, 2.05) is 50.2 Å². The Hall–Kier alpha value is -3.06. The van der Waals surface area contributed by atoms with Crippen molar-refractivity contribution in [3.05, 3.63) is 64.2 Å². The minimum absolute atomic E-state index is 0.291. The minimum atomic E-state index is -0.911. The molecule has 0 radical (unpaired) electrons. The maximum absolute atomic E-state index is 13.7. The molecule has 0 fully saturated rings. The highest BCUT2D eigenvalue weighted by atomic mass is 35.5. The smallest absolute Gasteiger partial charge is 0.408 e.